The molecule has 0 atom stereocenters. The van der Waals surface area contributed by atoms with Gasteiger partial charge in [-0.15, -0.1) is 11.3 Å². The van der Waals surface area contributed by atoms with Crippen molar-refractivity contribution in [1.82, 2.24) is 0 Å². The fourth-order valence-electron chi connectivity index (χ4n) is 1.67. The molecule has 0 aliphatic carbocycles. The molecule has 108 valence electrons. The number of esters is 1. The Kier molecular flexibility index (Phi) is 4.39. The molecule has 0 bridgehead atoms. The Hall–Kier alpha value is -1.07. The third-order valence-corrected chi connectivity index (χ3v) is 4.91. The summed E-state index contributed by atoms with van der Waals surface area (Å²) in [7, 11) is 1.62. The lowest BCUT2D eigenvalue weighted by Gasteiger charge is -2.22. The topological polar surface area (TPSA) is 35.5 Å². The van der Waals surface area contributed by atoms with Gasteiger partial charge in [0, 0.05) is 4.70 Å². The maximum absolute atomic E-state index is 12.2. The van der Waals surface area contributed by atoms with Crippen LogP contribution in [0.2, 0.25) is 0 Å². The lowest BCUT2D eigenvalue weighted by atomic mass is 10.1. The van der Waals surface area contributed by atoms with Crippen LogP contribution in [0.15, 0.2) is 22.7 Å². The van der Waals surface area contributed by atoms with Gasteiger partial charge in [0.2, 0.25) is 0 Å². The normalized spacial score (nSPS) is 11.7. The van der Waals surface area contributed by atoms with E-state index < -0.39 is 5.60 Å². The van der Waals surface area contributed by atoms with Crippen molar-refractivity contribution in [1.29, 1.82) is 0 Å². The highest BCUT2D eigenvalue weighted by molar-refractivity contribution is 9.10. The number of carbonyl (C=O) groups is 1. The quantitative estimate of drug-likeness (QED) is 0.721. The van der Waals surface area contributed by atoms with Crippen molar-refractivity contribution in [3.63, 3.8) is 0 Å². The molecule has 0 aliphatic rings. The first-order chi connectivity index (χ1) is 9.36. The van der Waals surface area contributed by atoms with Crippen LogP contribution in [0.1, 0.15) is 36.9 Å². The SMILES string of the molecule is CCC(C)(C)OC(=O)c1cc2cc(Br)c(OC)cc2s1. The molecule has 0 spiro atoms. The minimum atomic E-state index is -0.439. The minimum absolute atomic E-state index is 0.270. The van der Waals surface area contributed by atoms with E-state index in [-0.39, 0.29) is 5.97 Å². The third-order valence-electron chi connectivity index (χ3n) is 3.21. The van der Waals surface area contributed by atoms with Crippen LogP contribution < -0.4 is 4.74 Å². The molecule has 3 nitrogen and oxygen atoms in total. The van der Waals surface area contributed by atoms with Gasteiger partial charge in [-0.2, -0.15) is 0 Å². The summed E-state index contributed by atoms with van der Waals surface area (Å²) in [5.41, 5.74) is -0.439. The number of rotatable bonds is 4. The van der Waals surface area contributed by atoms with Gasteiger partial charge in [0.25, 0.3) is 0 Å². The number of hydrogen-bond donors (Lipinski definition) is 0. The van der Waals surface area contributed by atoms with E-state index in [0.29, 0.717) is 4.88 Å². The molecule has 0 fully saturated rings. The molecule has 20 heavy (non-hydrogen) atoms. The molecule has 0 aliphatic heterocycles. The van der Waals surface area contributed by atoms with Crippen LogP contribution in [0.4, 0.5) is 0 Å². The Morgan fingerprint density at radius 3 is 2.65 bits per heavy atom. The summed E-state index contributed by atoms with van der Waals surface area (Å²) in [4.78, 5) is 12.8. The average molecular weight is 357 g/mol. The Labute approximate surface area is 131 Å². The number of halogens is 1. The van der Waals surface area contributed by atoms with Gasteiger partial charge in [-0.05, 0) is 59.8 Å². The van der Waals surface area contributed by atoms with Crippen molar-refractivity contribution in [3.8, 4) is 5.75 Å². The third kappa shape index (κ3) is 3.15. The molecule has 0 amide bonds. The highest BCUT2D eigenvalue weighted by Crippen LogP contribution is 2.35. The average Bonchev–Trinajstić information content (AvgIpc) is 2.80. The number of methoxy groups -OCH3 is 1. The second-order valence-electron chi connectivity index (χ2n) is 5.14. The molecule has 2 rings (SSSR count). The summed E-state index contributed by atoms with van der Waals surface area (Å²) < 4.78 is 12.7. The predicted molar refractivity (Wildman–Crippen MR) is 85.9 cm³/mol. The first-order valence-corrected chi connectivity index (χ1v) is 7.97. The van der Waals surface area contributed by atoms with Crippen molar-refractivity contribution >= 4 is 43.3 Å². The fourth-order valence-corrected chi connectivity index (χ4v) is 3.14. The Bertz CT molecular complexity index is 646. The van der Waals surface area contributed by atoms with E-state index in [1.165, 1.54) is 11.3 Å². The number of carbonyl (C=O) groups excluding carboxylic acids is 1. The lowest BCUT2D eigenvalue weighted by Crippen LogP contribution is -2.26. The van der Waals surface area contributed by atoms with Gasteiger partial charge >= 0.3 is 5.97 Å². The van der Waals surface area contributed by atoms with E-state index in [1.54, 1.807) is 7.11 Å². The van der Waals surface area contributed by atoms with Crippen molar-refractivity contribution in [2.45, 2.75) is 32.8 Å². The summed E-state index contributed by atoms with van der Waals surface area (Å²) in [6.07, 6.45) is 0.781. The monoisotopic (exact) mass is 356 g/mol. The van der Waals surface area contributed by atoms with E-state index in [4.69, 9.17) is 9.47 Å². The molecule has 1 heterocycles. The maximum atomic E-state index is 12.2. The van der Waals surface area contributed by atoms with Gasteiger partial charge in [0.15, 0.2) is 0 Å². The first-order valence-electron chi connectivity index (χ1n) is 6.36. The van der Waals surface area contributed by atoms with Crippen LogP contribution in [0.25, 0.3) is 10.1 Å². The molecule has 0 unspecified atom stereocenters. The van der Waals surface area contributed by atoms with Crippen LogP contribution in [0.3, 0.4) is 0 Å². The second-order valence-corrected chi connectivity index (χ2v) is 7.08. The van der Waals surface area contributed by atoms with Crippen LogP contribution >= 0.6 is 27.3 Å². The summed E-state index contributed by atoms with van der Waals surface area (Å²) in [6, 6.07) is 5.73. The second kappa shape index (κ2) is 5.74. The van der Waals surface area contributed by atoms with E-state index in [2.05, 4.69) is 15.9 Å². The first kappa shape index (κ1) is 15.3. The van der Waals surface area contributed by atoms with Gasteiger partial charge in [-0.1, -0.05) is 6.92 Å². The van der Waals surface area contributed by atoms with Crippen LogP contribution in [0.5, 0.6) is 5.75 Å². The maximum Gasteiger partial charge on any atom is 0.348 e. The fraction of sp³-hybridized carbons (Fsp3) is 0.400. The summed E-state index contributed by atoms with van der Waals surface area (Å²) >= 11 is 4.87. The van der Waals surface area contributed by atoms with Crippen LogP contribution in [-0.2, 0) is 4.74 Å². The van der Waals surface area contributed by atoms with E-state index in [0.717, 1.165) is 26.7 Å². The molecule has 0 radical (unpaired) electrons. The lowest BCUT2D eigenvalue weighted by molar-refractivity contribution is -0.00187. The smallest absolute Gasteiger partial charge is 0.348 e. The van der Waals surface area contributed by atoms with Crippen molar-refractivity contribution < 1.29 is 14.3 Å². The van der Waals surface area contributed by atoms with Crippen molar-refractivity contribution in [2.75, 3.05) is 7.11 Å². The zero-order valence-electron chi connectivity index (χ0n) is 12.0. The van der Waals surface area contributed by atoms with Crippen molar-refractivity contribution in [2.24, 2.45) is 0 Å². The molecule has 0 N–H and O–H groups in total. The zero-order valence-corrected chi connectivity index (χ0v) is 14.4. The van der Waals surface area contributed by atoms with Gasteiger partial charge in [-0.25, -0.2) is 4.79 Å². The molecular formula is C15H17BrO3S. The molecule has 1 aromatic carbocycles. The Balaban J connectivity index is 2.34. The Morgan fingerprint density at radius 2 is 2.05 bits per heavy atom. The molecule has 1 aromatic heterocycles. The van der Waals surface area contributed by atoms with Gasteiger partial charge in [0.05, 0.1) is 11.6 Å². The van der Waals surface area contributed by atoms with E-state index in [9.17, 15) is 4.79 Å². The largest absolute Gasteiger partial charge is 0.496 e. The standard InChI is InChI=1S/C15H17BrO3S/c1-5-15(2,3)19-14(17)13-7-9-6-10(16)11(18-4)8-12(9)20-13/h6-8H,5H2,1-4H3. The number of thiophene rings is 1. The molecule has 0 saturated heterocycles. The van der Waals surface area contributed by atoms with Gasteiger partial charge in [-0.3, -0.25) is 0 Å². The minimum Gasteiger partial charge on any atom is -0.496 e. The van der Waals surface area contributed by atoms with E-state index in [1.807, 2.05) is 39.0 Å². The molecule has 0 saturated carbocycles. The summed E-state index contributed by atoms with van der Waals surface area (Å²) in [6.45, 7) is 5.83. The molecule has 2 aromatic rings. The predicted octanol–water partition coefficient (Wildman–Crippen LogP) is 5.02. The van der Waals surface area contributed by atoms with Gasteiger partial charge in [0.1, 0.15) is 16.2 Å². The molecular weight excluding hydrogens is 340 g/mol. The van der Waals surface area contributed by atoms with Crippen LogP contribution in [0, 0.1) is 0 Å². The van der Waals surface area contributed by atoms with Crippen LogP contribution in [-0.4, -0.2) is 18.7 Å². The molecule has 5 heteroatoms. The zero-order chi connectivity index (χ0) is 14.9. The van der Waals surface area contributed by atoms with Crippen molar-refractivity contribution in [3.05, 3.63) is 27.5 Å². The number of benzene rings is 1. The van der Waals surface area contributed by atoms with E-state index >= 15 is 0 Å². The Morgan fingerprint density at radius 1 is 1.35 bits per heavy atom. The highest BCUT2D eigenvalue weighted by atomic mass is 79.9. The highest BCUT2D eigenvalue weighted by Gasteiger charge is 2.23. The number of hydrogen-bond acceptors (Lipinski definition) is 4. The number of fused-ring (bicyclic) bond motifs is 1. The summed E-state index contributed by atoms with van der Waals surface area (Å²) in [5, 5.41) is 1.00. The number of ether oxygens (including phenoxy) is 2. The summed E-state index contributed by atoms with van der Waals surface area (Å²) in [5.74, 6) is 0.487. The van der Waals surface area contributed by atoms with Gasteiger partial charge < -0.3 is 9.47 Å².